The summed E-state index contributed by atoms with van der Waals surface area (Å²) in [6.07, 6.45) is -0.527. The lowest BCUT2D eigenvalue weighted by molar-refractivity contribution is 0.241. The van der Waals surface area contributed by atoms with Crippen LogP contribution in [0.15, 0.2) is 60.6 Å². The second-order valence-corrected chi connectivity index (χ2v) is 4.65. The largest absolute Gasteiger partial charge is 0.428 e. The van der Waals surface area contributed by atoms with Crippen LogP contribution in [0.3, 0.4) is 0 Å². The molecule has 0 amide bonds. The second-order valence-electron chi connectivity index (χ2n) is 4.65. The van der Waals surface area contributed by atoms with Crippen molar-refractivity contribution in [3.63, 3.8) is 0 Å². The van der Waals surface area contributed by atoms with Crippen molar-refractivity contribution < 1.29 is 17.9 Å². The highest BCUT2D eigenvalue weighted by molar-refractivity contribution is 5.80. The molecule has 2 nitrogen and oxygen atoms in total. The van der Waals surface area contributed by atoms with Crippen molar-refractivity contribution in [1.82, 2.24) is 0 Å². The molecule has 2 aromatic carbocycles. The van der Waals surface area contributed by atoms with Crippen LogP contribution in [0.25, 0.3) is 11.6 Å². The zero-order valence-corrected chi connectivity index (χ0v) is 11.8. The fraction of sp³-hybridized carbons (Fsp3) is 0.0588. The molecule has 0 bridgehead atoms. The zero-order chi connectivity index (χ0) is 16.1. The van der Waals surface area contributed by atoms with E-state index in [0.29, 0.717) is 5.69 Å². The number of nitrogens with two attached hydrogens (primary N) is 1. The number of hydrogen-bond donors (Lipinski definition) is 1. The molecule has 0 aliphatic heterocycles. The van der Waals surface area contributed by atoms with Crippen LogP contribution in [-0.2, 0) is 0 Å². The van der Waals surface area contributed by atoms with Gasteiger partial charge >= 0.3 is 12.1 Å². The molecule has 0 aliphatic carbocycles. The number of rotatable bonds is 4. The van der Waals surface area contributed by atoms with Gasteiger partial charge in [0, 0.05) is 5.69 Å². The predicted octanol–water partition coefficient (Wildman–Crippen LogP) is 5.24. The van der Waals surface area contributed by atoms with Crippen molar-refractivity contribution in [1.29, 1.82) is 0 Å². The summed E-state index contributed by atoms with van der Waals surface area (Å²) in [6, 6.07) is 11.7. The van der Waals surface area contributed by atoms with Crippen LogP contribution in [-0.4, -0.2) is 0 Å². The van der Waals surface area contributed by atoms with E-state index in [9.17, 15) is 13.2 Å². The number of anilines is 1. The van der Waals surface area contributed by atoms with Crippen molar-refractivity contribution in [2.45, 2.75) is 6.92 Å². The summed E-state index contributed by atoms with van der Waals surface area (Å²) in [5, 5.41) is 0. The molecule has 0 spiro atoms. The SMILES string of the molecule is CC(=Cc1ccc(N)cc1)c1ccc(OC(F)=C(F)F)cc1. The lowest BCUT2D eigenvalue weighted by atomic mass is 10.0. The molecular formula is C17H14F3NO. The summed E-state index contributed by atoms with van der Waals surface area (Å²) in [5.41, 5.74) is 9.13. The third kappa shape index (κ3) is 4.15. The van der Waals surface area contributed by atoms with Crippen LogP contribution in [0.1, 0.15) is 18.1 Å². The fourth-order valence-corrected chi connectivity index (χ4v) is 1.85. The monoisotopic (exact) mass is 305 g/mol. The number of halogens is 3. The van der Waals surface area contributed by atoms with E-state index < -0.39 is 12.1 Å². The first-order chi connectivity index (χ1) is 10.5. The highest BCUT2D eigenvalue weighted by Crippen LogP contribution is 2.23. The van der Waals surface area contributed by atoms with Crippen LogP contribution < -0.4 is 10.5 Å². The highest BCUT2D eigenvalue weighted by Gasteiger charge is 2.07. The van der Waals surface area contributed by atoms with Crippen molar-refractivity contribution in [2.75, 3.05) is 5.73 Å². The Bertz CT molecular complexity index is 700. The number of ether oxygens (including phenoxy) is 1. The standard InChI is InChI=1S/C17H14F3NO/c1-11(10-12-2-6-14(21)7-3-12)13-4-8-15(9-5-13)22-17(20)16(18)19/h2-10H,21H2,1H3. The van der Waals surface area contributed by atoms with E-state index in [0.717, 1.165) is 16.7 Å². The minimum absolute atomic E-state index is 0.00864. The Kier molecular flexibility index (Phi) is 4.88. The molecule has 114 valence electrons. The minimum atomic E-state index is -2.48. The van der Waals surface area contributed by atoms with E-state index in [4.69, 9.17) is 5.73 Å². The van der Waals surface area contributed by atoms with Crippen molar-refractivity contribution in [3.8, 4) is 5.75 Å². The van der Waals surface area contributed by atoms with Gasteiger partial charge in [-0.05, 0) is 47.9 Å². The Morgan fingerprint density at radius 2 is 1.55 bits per heavy atom. The Hall–Kier alpha value is -2.69. The molecule has 2 rings (SSSR count). The van der Waals surface area contributed by atoms with Gasteiger partial charge in [-0.15, -0.1) is 0 Å². The molecule has 0 aromatic heterocycles. The maximum atomic E-state index is 12.7. The van der Waals surface area contributed by atoms with Crippen LogP contribution in [0.4, 0.5) is 18.9 Å². The lowest BCUT2D eigenvalue weighted by Crippen LogP contribution is -1.91. The number of allylic oxidation sites excluding steroid dienone is 1. The van der Waals surface area contributed by atoms with Gasteiger partial charge in [0.2, 0.25) is 0 Å². The van der Waals surface area contributed by atoms with Gasteiger partial charge in [-0.25, -0.2) is 0 Å². The maximum absolute atomic E-state index is 12.7. The third-order valence-corrected chi connectivity index (χ3v) is 2.99. The van der Waals surface area contributed by atoms with E-state index in [1.807, 2.05) is 25.1 Å². The molecule has 0 saturated heterocycles. The van der Waals surface area contributed by atoms with Crippen LogP contribution in [0.2, 0.25) is 0 Å². The molecule has 2 aromatic rings. The molecular weight excluding hydrogens is 291 g/mol. The minimum Gasteiger partial charge on any atom is -0.428 e. The van der Waals surface area contributed by atoms with Gasteiger partial charge in [-0.2, -0.15) is 13.2 Å². The summed E-state index contributed by atoms with van der Waals surface area (Å²) in [4.78, 5) is 0. The predicted molar refractivity (Wildman–Crippen MR) is 81.8 cm³/mol. The van der Waals surface area contributed by atoms with Crippen LogP contribution in [0, 0.1) is 0 Å². The van der Waals surface area contributed by atoms with E-state index >= 15 is 0 Å². The highest BCUT2D eigenvalue weighted by atomic mass is 19.3. The number of nitrogen functional groups attached to an aromatic ring is 1. The van der Waals surface area contributed by atoms with Gasteiger partial charge < -0.3 is 10.5 Å². The normalized spacial score (nSPS) is 11.2. The Labute approximate surface area is 126 Å². The summed E-state index contributed by atoms with van der Waals surface area (Å²) < 4.78 is 41.0. The molecule has 5 heteroatoms. The molecule has 0 saturated carbocycles. The number of benzene rings is 2. The first-order valence-electron chi connectivity index (χ1n) is 6.48. The average molecular weight is 305 g/mol. The molecule has 0 heterocycles. The summed E-state index contributed by atoms with van der Waals surface area (Å²) in [6.45, 7) is 1.91. The zero-order valence-electron chi connectivity index (χ0n) is 11.8. The topological polar surface area (TPSA) is 35.2 Å². The van der Waals surface area contributed by atoms with Gasteiger partial charge in [0.15, 0.2) is 0 Å². The summed E-state index contributed by atoms with van der Waals surface area (Å²) in [7, 11) is 0. The number of hydrogen-bond acceptors (Lipinski definition) is 2. The molecule has 0 atom stereocenters. The van der Waals surface area contributed by atoms with Gasteiger partial charge in [0.05, 0.1) is 0 Å². The second kappa shape index (κ2) is 6.85. The molecule has 2 N–H and O–H groups in total. The van der Waals surface area contributed by atoms with Gasteiger partial charge in [0.1, 0.15) is 5.75 Å². The van der Waals surface area contributed by atoms with Crippen LogP contribution >= 0.6 is 0 Å². The Morgan fingerprint density at radius 1 is 0.955 bits per heavy atom. The molecule has 0 aliphatic rings. The summed E-state index contributed by atoms with van der Waals surface area (Å²) >= 11 is 0. The maximum Gasteiger partial charge on any atom is 0.344 e. The summed E-state index contributed by atoms with van der Waals surface area (Å²) in [5.74, 6) is 0.00864. The van der Waals surface area contributed by atoms with Gasteiger partial charge in [-0.1, -0.05) is 30.3 Å². The van der Waals surface area contributed by atoms with Gasteiger partial charge in [0.25, 0.3) is 0 Å². The smallest absolute Gasteiger partial charge is 0.344 e. The molecule has 0 radical (unpaired) electrons. The Morgan fingerprint density at radius 3 is 2.09 bits per heavy atom. The molecule has 0 fully saturated rings. The van der Waals surface area contributed by atoms with Crippen molar-refractivity contribution in [3.05, 3.63) is 71.8 Å². The molecule has 0 unspecified atom stereocenters. The van der Waals surface area contributed by atoms with E-state index in [2.05, 4.69) is 4.74 Å². The van der Waals surface area contributed by atoms with Crippen molar-refractivity contribution in [2.24, 2.45) is 0 Å². The van der Waals surface area contributed by atoms with Crippen LogP contribution in [0.5, 0.6) is 5.75 Å². The quantitative estimate of drug-likeness (QED) is 0.476. The lowest BCUT2D eigenvalue weighted by Gasteiger charge is -2.05. The fourth-order valence-electron chi connectivity index (χ4n) is 1.85. The van der Waals surface area contributed by atoms with Crippen molar-refractivity contribution >= 4 is 17.3 Å². The van der Waals surface area contributed by atoms with E-state index in [1.165, 1.54) is 12.1 Å². The van der Waals surface area contributed by atoms with E-state index in [1.54, 1.807) is 24.3 Å². The average Bonchev–Trinajstić information content (AvgIpc) is 2.50. The Balaban J connectivity index is 2.16. The van der Waals surface area contributed by atoms with Gasteiger partial charge in [-0.3, -0.25) is 0 Å². The third-order valence-electron chi connectivity index (χ3n) is 2.99. The molecule has 22 heavy (non-hydrogen) atoms. The first-order valence-corrected chi connectivity index (χ1v) is 6.48. The van der Waals surface area contributed by atoms with E-state index in [-0.39, 0.29) is 5.75 Å². The first kappa shape index (κ1) is 15.7.